The average Bonchev–Trinajstić information content (AvgIpc) is 2.91. The number of carboxylic acids is 1. The summed E-state index contributed by atoms with van der Waals surface area (Å²) in [5.74, 6) is -1.88. The first kappa shape index (κ1) is 21.2. The number of carbonyl (C=O) groups excluding carboxylic acids is 1. The summed E-state index contributed by atoms with van der Waals surface area (Å²) >= 11 is 0.740. The van der Waals surface area contributed by atoms with Crippen molar-refractivity contribution in [3.63, 3.8) is 0 Å². The molecule has 0 radical (unpaired) electrons. The van der Waals surface area contributed by atoms with Gasteiger partial charge in [-0.1, -0.05) is 17.8 Å². The van der Waals surface area contributed by atoms with Crippen LogP contribution in [0, 0.1) is 0 Å². The van der Waals surface area contributed by atoms with E-state index in [0.29, 0.717) is 0 Å². The van der Waals surface area contributed by atoms with E-state index < -0.39 is 19.4 Å². The third kappa shape index (κ3) is 6.13. The van der Waals surface area contributed by atoms with Crippen LogP contribution in [0.5, 0.6) is 0 Å². The van der Waals surface area contributed by atoms with Crippen LogP contribution in [0.4, 0.5) is 5.13 Å². The van der Waals surface area contributed by atoms with Gasteiger partial charge in [0.1, 0.15) is 6.61 Å². The van der Waals surface area contributed by atoms with Gasteiger partial charge in [-0.15, -0.1) is 0 Å². The molecule has 0 bridgehead atoms. The van der Waals surface area contributed by atoms with E-state index in [9.17, 15) is 14.5 Å². The third-order valence-electron chi connectivity index (χ3n) is 1.89. The monoisotopic (exact) mass is 358 g/mol. The fourth-order valence-electron chi connectivity index (χ4n) is 0.972. The largest absolute Gasteiger partial charge is 1.00 e. The van der Waals surface area contributed by atoms with Crippen molar-refractivity contribution in [2.45, 2.75) is 0 Å². The average molecular weight is 358 g/mol. The first-order chi connectivity index (χ1) is 9.95. The van der Waals surface area contributed by atoms with Gasteiger partial charge in [-0.2, -0.15) is 9.36 Å². The molecule has 0 saturated heterocycles. The van der Waals surface area contributed by atoms with E-state index in [2.05, 4.69) is 40.1 Å². The van der Waals surface area contributed by atoms with Crippen LogP contribution in [-0.2, 0) is 23.2 Å². The second-order valence-corrected chi connectivity index (χ2v) is 5.91. The van der Waals surface area contributed by atoms with E-state index in [0.717, 1.165) is 11.5 Å². The molecule has 13 heteroatoms. The minimum absolute atomic E-state index is 0. The van der Waals surface area contributed by atoms with E-state index in [1.54, 1.807) is 0 Å². The molecule has 1 rings (SSSR count). The van der Waals surface area contributed by atoms with E-state index in [-0.39, 0.29) is 47.1 Å². The van der Waals surface area contributed by atoms with Gasteiger partial charge in [0.15, 0.2) is 11.5 Å². The fourth-order valence-corrected chi connectivity index (χ4v) is 2.51. The zero-order valence-electron chi connectivity index (χ0n) is 12.1. The molecule has 0 aromatic carbocycles. The molecule has 0 aliphatic rings. The van der Waals surface area contributed by atoms with Gasteiger partial charge in [0.2, 0.25) is 5.13 Å². The van der Waals surface area contributed by atoms with E-state index in [1.165, 1.54) is 20.3 Å². The Balaban J connectivity index is 0.00000441. The van der Waals surface area contributed by atoms with Crippen LogP contribution in [-0.4, -0.2) is 41.9 Å². The Hall–Kier alpha value is -0.810. The number of aliphatic carboxylic acids is 1. The standard InChI is InChI=1S/C9H13N4O6PS.Na/c1-4-5-19-11-6(8(14)15)7-10-9(21-13-7)12-20(16,17-2)18-3;/h4H,1,5H2,2-3H3,(H,14,15)(H,10,12,13,16);/q;+1/p-1/b11-6-;. The molecule has 10 nitrogen and oxygen atoms in total. The summed E-state index contributed by atoms with van der Waals surface area (Å²) in [7, 11) is -1.21. The number of hydrogen-bond donors (Lipinski definition) is 1. The van der Waals surface area contributed by atoms with Crippen molar-refractivity contribution in [3.05, 3.63) is 18.5 Å². The van der Waals surface area contributed by atoms with E-state index >= 15 is 0 Å². The molecule has 1 aromatic rings. The van der Waals surface area contributed by atoms with Gasteiger partial charge >= 0.3 is 37.3 Å². The number of nitrogens with zero attached hydrogens (tertiary/aromatic N) is 3. The summed E-state index contributed by atoms with van der Waals surface area (Å²) in [5.41, 5.74) is -0.606. The quantitative estimate of drug-likeness (QED) is 0.122. The molecule has 1 N–H and O–H groups in total. The van der Waals surface area contributed by atoms with Crippen molar-refractivity contribution in [1.29, 1.82) is 0 Å². The summed E-state index contributed by atoms with van der Waals surface area (Å²) in [6.07, 6.45) is 1.38. The van der Waals surface area contributed by atoms with Crippen molar-refractivity contribution in [2.75, 3.05) is 25.9 Å². The number of aromatic nitrogens is 2. The molecule has 1 aromatic heterocycles. The molecule has 22 heavy (non-hydrogen) atoms. The fraction of sp³-hybridized carbons (Fsp3) is 0.333. The molecule has 116 valence electrons. The Kier molecular flexibility index (Phi) is 9.69. The molecule has 0 atom stereocenters. The molecule has 0 aliphatic heterocycles. The second-order valence-electron chi connectivity index (χ2n) is 3.21. The molecule has 0 fully saturated rings. The molecular formula is C9H12N4NaO6PS. The number of hydrogen-bond acceptors (Lipinski definition) is 10. The first-order valence-electron chi connectivity index (χ1n) is 5.31. The van der Waals surface area contributed by atoms with E-state index in [4.69, 9.17) is 0 Å². The number of rotatable bonds is 9. The van der Waals surface area contributed by atoms with Crippen LogP contribution in [0.3, 0.4) is 0 Å². The Labute approximate surface area is 152 Å². The predicted octanol–water partition coefficient (Wildman–Crippen LogP) is -2.99. The van der Waals surface area contributed by atoms with E-state index in [1.807, 2.05) is 0 Å². The van der Waals surface area contributed by atoms with Crippen molar-refractivity contribution >= 4 is 36.1 Å². The number of carbonyl (C=O) groups is 1. The number of anilines is 1. The van der Waals surface area contributed by atoms with Gasteiger partial charge in [-0.25, -0.2) is 4.57 Å². The molecule has 0 spiro atoms. The van der Waals surface area contributed by atoms with Crippen LogP contribution < -0.4 is 39.8 Å². The Morgan fingerprint density at radius 2 is 2.18 bits per heavy atom. The third-order valence-corrected chi connectivity index (χ3v) is 4.12. The summed E-state index contributed by atoms with van der Waals surface area (Å²) < 4.78 is 24.9. The molecular weight excluding hydrogens is 346 g/mol. The smallest absolute Gasteiger partial charge is 0.543 e. The van der Waals surface area contributed by atoms with Crippen LogP contribution in [0.15, 0.2) is 17.8 Å². The van der Waals surface area contributed by atoms with Crippen LogP contribution >= 0.6 is 19.3 Å². The summed E-state index contributed by atoms with van der Waals surface area (Å²) in [6.45, 7) is 3.39. The number of carboxylic acid groups (broad SMARTS) is 1. The van der Waals surface area contributed by atoms with Crippen molar-refractivity contribution in [2.24, 2.45) is 5.16 Å². The summed E-state index contributed by atoms with van der Waals surface area (Å²) in [6, 6.07) is 0. The summed E-state index contributed by atoms with van der Waals surface area (Å²) in [4.78, 5) is 19.4. The molecule has 0 unspecified atom stereocenters. The summed E-state index contributed by atoms with van der Waals surface area (Å²) in [5, 5.41) is 16.7. The minimum Gasteiger partial charge on any atom is -0.543 e. The van der Waals surface area contributed by atoms with Gasteiger partial charge in [0.25, 0.3) is 0 Å². The predicted molar refractivity (Wildman–Crippen MR) is 72.8 cm³/mol. The maximum absolute atomic E-state index is 11.8. The molecule has 0 amide bonds. The van der Waals surface area contributed by atoms with Gasteiger partial charge in [0, 0.05) is 25.8 Å². The molecule has 0 aliphatic carbocycles. The number of oxime groups is 1. The Bertz CT molecular complexity index is 586. The molecule has 1 heterocycles. The van der Waals surface area contributed by atoms with Gasteiger partial charge < -0.3 is 14.7 Å². The normalized spacial score (nSPS) is 11.5. The Morgan fingerprint density at radius 3 is 2.68 bits per heavy atom. The minimum atomic E-state index is -3.56. The van der Waals surface area contributed by atoms with Gasteiger partial charge in [-0.3, -0.25) is 14.1 Å². The maximum Gasteiger partial charge on any atom is 1.00 e. The molecule has 0 saturated carbocycles. The van der Waals surface area contributed by atoms with Crippen LogP contribution in [0.1, 0.15) is 5.82 Å². The number of nitrogens with one attached hydrogen (secondary N) is 1. The zero-order valence-corrected chi connectivity index (χ0v) is 15.8. The van der Waals surface area contributed by atoms with Crippen LogP contribution in [0.25, 0.3) is 0 Å². The zero-order chi connectivity index (χ0) is 15.9. The van der Waals surface area contributed by atoms with Gasteiger partial charge in [0.05, 0.1) is 5.97 Å². The first-order valence-corrected chi connectivity index (χ1v) is 7.63. The van der Waals surface area contributed by atoms with Gasteiger partial charge in [-0.05, 0) is 0 Å². The van der Waals surface area contributed by atoms with Crippen molar-refractivity contribution in [1.82, 2.24) is 9.36 Å². The second kappa shape index (κ2) is 10.1. The maximum atomic E-state index is 11.8. The van der Waals surface area contributed by atoms with Crippen molar-refractivity contribution in [3.8, 4) is 0 Å². The topological polar surface area (TPSA) is 135 Å². The SMILES string of the molecule is C=CCO/N=C(\C(=O)[O-])c1nsc(NP(=O)(OC)OC)n1.[Na+]. The van der Waals surface area contributed by atoms with Crippen molar-refractivity contribution < 1.29 is 57.9 Å². The van der Waals surface area contributed by atoms with Crippen LogP contribution in [0.2, 0.25) is 0 Å². The Morgan fingerprint density at radius 1 is 1.55 bits per heavy atom.